The zero-order valence-electron chi connectivity index (χ0n) is 33.5. The van der Waals surface area contributed by atoms with Crippen molar-refractivity contribution in [2.45, 2.75) is 218 Å². The summed E-state index contributed by atoms with van der Waals surface area (Å²) in [5, 5.41) is 40.0. The number of hydrogen-bond acceptors (Lipinski definition) is 10. The van der Waals surface area contributed by atoms with Gasteiger partial charge < -0.3 is 39.4 Å². The summed E-state index contributed by atoms with van der Waals surface area (Å²) in [6.45, 7) is 3.38. The van der Waals surface area contributed by atoms with Crippen LogP contribution in [0.4, 0.5) is 0 Å². The van der Waals surface area contributed by atoms with E-state index in [9.17, 15) is 30.0 Å². The van der Waals surface area contributed by atoms with Gasteiger partial charge in [-0.1, -0.05) is 147 Å². The van der Waals surface area contributed by atoms with Crippen molar-refractivity contribution in [1.29, 1.82) is 0 Å². The number of hydrogen-bond donors (Lipinski definition) is 4. The molecule has 0 unspecified atom stereocenters. The first-order valence-corrected chi connectivity index (χ1v) is 21.4. The number of aliphatic hydroxyl groups is 4. The lowest BCUT2D eigenvalue weighted by Gasteiger charge is -2.39. The van der Waals surface area contributed by atoms with E-state index >= 15 is 0 Å². The molecule has 53 heavy (non-hydrogen) atoms. The number of carbonyl (C=O) groups excluding carboxylic acids is 2. The molecule has 0 bridgehead atoms. The molecule has 0 spiro atoms. The molecule has 1 rings (SSSR count). The van der Waals surface area contributed by atoms with Crippen LogP contribution in [0, 0.1) is 0 Å². The summed E-state index contributed by atoms with van der Waals surface area (Å²) in [6, 6.07) is 0. The van der Waals surface area contributed by atoms with Crippen molar-refractivity contribution in [3.05, 3.63) is 24.3 Å². The average molecular weight is 755 g/mol. The lowest BCUT2D eigenvalue weighted by molar-refractivity contribution is -0.305. The molecule has 0 aromatic rings. The highest BCUT2D eigenvalue weighted by atomic mass is 16.7. The maximum absolute atomic E-state index is 12.7. The van der Waals surface area contributed by atoms with Gasteiger partial charge >= 0.3 is 11.9 Å². The molecule has 0 radical (unpaired) electrons. The molecule has 0 aliphatic carbocycles. The minimum absolute atomic E-state index is 0.221. The monoisotopic (exact) mass is 755 g/mol. The van der Waals surface area contributed by atoms with Gasteiger partial charge in [0.1, 0.15) is 31.0 Å². The van der Waals surface area contributed by atoms with Crippen LogP contribution in [0.15, 0.2) is 24.3 Å². The Hall–Kier alpha value is -1.82. The van der Waals surface area contributed by atoms with Crippen molar-refractivity contribution >= 4 is 11.9 Å². The van der Waals surface area contributed by atoms with Crippen molar-refractivity contribution in [3.8, 4) is 0 Å². The van der Waals surface area contributed by atoms with Crippen molar-refractivity contribution in [1.82, 2.24) is 0 Å². The van der Waals surface area contributed by atoms with Crippen LogP contribution >= 0.6 is 0 Å². The van der Waals surface area contributed by atoms with E-state index in [0.717, 1.165) is 57.8 Å². The Morgan fingerprint density at radius 2 is 1.06 bits per heavy atom. The first kappa shape index (κ1) is 49.2. The smallest absolute Gasteiger partial charge is 0.306 e. The van der Waals surface area contributed by atoms with Crippen molar-refractivity contribution in [2.24, 2.45) is 0 Å². The highest BCUT2D eigenvalue weighted by molar-refractivity contribution is 5.70. The van der Waals surface area contributed by atoms with E-state index in [1.165, 1.54) is 83.5 Å². The zero-order valence-corrected chi connectivity index (χ0v) is 33.5. The van der Waals surface area contributed by atoms with Gasteiger partial charge in [-0.15, -0.1) is 0 Å². The van der Waals surface area contributed by atoms with Crippen LogP contribution in [-0.4, -0.2) is 89.0 Å². The lowest BCUT2D eigenvalue weighted by Crippen LogP contribution is -2.59. The van der Waals surface area contributed by atoms with Gasteiger partial charge in [-0.3, -0.25) is 9.59 Å². The molecule has 1 fully saturated rings. The second-order valence-electron chi connectivity index (χ2n) is 14.8. The minimum Gasteiger partial charge on any atom is -0.462 e. The predicted octanol–water partition coefficient (Wildman–Crippen LogP) is 8.55. The van der Waals surface area contributed by atoms with Gasteiger partial charge in [0.25, 0.3) is 0 Å². The fraction of sp³-hybridized carbons (Fsp3) is 0.860. The molecule has 6 atom stereocenters. The maximum Gasteiger partial charge on any atom is 0.306 e. The Bertz CT molecular complexity index is 923. The molecule has 1 heterocycles. The van der Waals surface area contributed by atoms with Crippen LogP contribution in [0.5, 0.6) is 0 Å². The van der Waals surface area contributed by atoms with Crippen LogP contribution in [-0.2, 0) is 28.5 Å². The van der Waals surface area contributed by atoms with Gasteiger partial charge in [-0.2, -0.15) is 0 Å². The number of rotatable bonds is 35. The Kier molecular flexibility index (Phi) is 32.2. The highest BCUT2D eigenvalue weighted by Crippen LogP contribution is 2.22. The third-order valence-corrected chi connectivity index (χ3v) is 9.84. The number of aliphatic hydroxyl groups excluding tert-OH is 4. The van der Waals surface area contributed by atoms with Crippen molar-refractivity contribution in [3.63, 3.8) is 0 Å². The van der Waals surface area contributed by atoms with Gasteiger partial charge in [0.05, 0.1) is 13.2 Å². The molecule has 10 heteroatoms. The second-order valence-corrected chi connectivity index (χ2v) is 14.8. The molecule has 0 aromatic heterocycles. The van der Waals surface area contributed by atoms with Crippen LogP contribution in [0.25, 0.3) is 0 Å². The summed E-state index contributed by atoms with van der Waals surface area (Å²) in [6.07, 6.45) is 28.9. The van der Waals surface area contributed by atoms with Gasteiger partial charge in [0.15, 0.2) is 12.4 Å². The summed E-state index contributed by atoms with van der Waals surface area (Å²) >= 11 is 0. The van der Waals surface area contributed by atoms with Crippen LogP contribution in [0.3, 0.4) is 0 Å². The number of unbranched alkanes of at least 4 members (excludes halogenated alkanes) is 20. The van der Waals surface area contributed by atoms with E-state index in [2.05, 4.69) is 38.2 Å². The Morgan fingerprint density at radius 1 is 0.585 bits per heavy atom. The van der Waals surface area contributed by atoms with Gasteiger partial charge in [0.2, 0.25) is 0 Å². The van der Waals surface area contributed by atoms with Crippen molar-refractivity contribution < 1.29 is 49.0 Å². The number of carbonyl (C=O) groups is 2. The molecule has 1 aliphatic heterocycles. The molecule has 10 nitrogen and oxygen atoms in total. The molecule has 0 saturated carbocycles. The molecule has 1 saturated heterocycles. The number of allylic oxidation sites excluding steroid dienone is 4. The van der Waals surface area contributed by atoms with E-state index in [4.69, 9.17) is 18.9 Å². The summed E-state index contributed by atoms with van der Waals surface area (Å²) in [7, 11) is 0. The topological polar surface area (TPSA) is 152 Å². The van der Waals surface area contributed by atoms with Gasteiger partial charge in [0, 0.05) is 12.8 Å². The fourth-order valence-corrected chi connectivity index (χ4v) is 6.39. The quantitative estimate of drug-likeness (QED) is 0.0281. The molecular formula is C43H78O10. The molecule has 310 valence electrons. The van der Waals surface area contributed by atoms with E-state index in [1.807, 2.05) is 0 Å². The van der Waals surface area contributed by atoms with Crippen LogP contribution < -0.4 is 0 Å². The van der Waals surface area contributed by atoms with Crippen molar-refractivity contribution in [2.75, 3.05) is 19.8 Å². The SMILES string of the molecule is CCCCCC=CCC=CCCCCCCCC(=O)OC[C@H](CO[C@@H]1O[C@H](CO)[C@H](O)[C@H](O)[C@H]1O)OC(=O)CCCCCCCCCCCCCCC. The van der Waals surface area contributed by atoms with Crippen LogP contribution in [0.1, 0.15) is 181 Å². The number of esters is 2. The van der Waals surface area contributed by atoms with E-state index in [-0.39, 0.29) is 32.0 Å². The molecule has 0 amide bonds. The Balaban J connectivity index is 2.36. The van der Waals surface area contributed by atoms with E-state index < -0.39 is 49.4 Å². The Morgan fingerprint density at radius 3 is 1.60 bits per heavy atom. The van der Waals surface area contributed by atoms with Gasteiger partial charge in [-0.25, -0.2) is 0 Å². The summed E-state index contributed by atoms with van der Waals surface area (Å²) in [5.41, 5.74) is 0. The third-order valence-electron chi connectivity index (χ3n) is 9.84. The fourth-order valence-electron chi connectivity index (χ4n) is 6.39. The number of ether oxygens (including phenoxy) is 4. The first-order valence-electron chi connectivity index (χ1n) is 21.4. The highest BCUT2D eigenvalue weighted by Gasteiger charge is 2.44. The molecule has 4 N–H and O–H groups in total. The lowest BCUT2D eigenvalue weighted by atomic mass is 9.99. The minimum atomic E-state index is -1.59. The normalized spacial score (nSPS) is 21.1. The first-order chi connectivity index (χ1) is 25.8. The molecule has 1 aliphatic rings. The Labute approximate surface area is 322 Å². The third kappa shape index (κ3) is 26.6. The standard InChI is InChI=1S/C43H78O10/c1-3-5-7-9-11-13-15-17-18-20-21-23-25-27-29-31-38(45)50-34-36(35-51-43-42(49)41(48)40(47)37(33-44)53-43)52-39(46)32-30-28-26-24-22-19-16-14-12-10-8-6-4-2/h11,13,17-18,36-37,40-44,47-49H,3-10,12,14-16,19-35H2,1-2H3/t36-,37-,40+,41+,42-,43-/m1/s1. The maximum atomic E-state index is 12.7. The summed E-state index contributed by atoms with van der Waals surface area (Å²) in [4.78, 5) is 25.2. The average Bonchev–Trinajstić information content (AvgIpc) is 3.15. The zero-order chi connectivity index (χ0) is 38.8. The summed E-state index contributed by atoms with van der Waals surface area (Å²) < 4.78 is 22.1. The molecule has 0 aromatic carbocycles. The van der Waals surface area contributed by atoms with E-state index in [0.29, 0.717) is 12.8 Å². The summed E-state index contributed by atoms with van der Waals surface area (Å²) in [5.74, 6) is -0.818. The largest absolute Gasteiger partial charge is 0.462 e. The predicted molar refractivity (Wildman–Crippen MR) is 210 cm³/mol. The second kappa shape index (κ2) is 34.7. The van der Waals surface area contributed by atoms with Gasteiger partial charge in [-0.05, 0) is 44.9 Å². The van der Waals surface area contributed by atoms with Crippen LogP contribution in [0.2, 0.25) is 0 Å². The van der Waals surface area contributed by atoms with E-state index in [1.54, 1.807) is 0 Å². The molecular weight excluding hydrogens is 676 g/mol.